The zero-order chi connectivity index (χ0) is 28.3. The summed E-state index contributed by atoms with van der Waals surface area (Å²) in [7, 11) is 0. The minimum Gasteiger partial charge on any atom is -0.366 e. The highest BCUT2D eigenvalue weighted by Gasteiger charge is 2.37. The van der Waals surface area contributed by atoms with Crippen LogP contribution in [0.2, 0.25) is 0 Å². The van der Waals surface area contributed by atoms with E-state index in [0.29, 0.717) is 12.5 Å². The lowest BCUT2D eigenvalue weighted by atomic mass is 9.79. The minimum atomic E-state index is 0.0478. The molecule has 5 heteroatoms. The minimum absolute atomic E-state index is 0.0478. The van der Waals surface area contributed by atoms with Gasteiger partial charge in [0.1, 0.15) is 0 Å². The van der Waals surface area contributed by atoms with Crippen molar-refractivity contribution in [2.24, 2.45) is 4.99 Å². The second kappa shape index (κ2) is 12.1. The number of carbonyl (C=O) groups is 1. The lowest BCUT2D eigenvalue weighted by Gasteiger charge is -2.48. The van der Waals surface area contributed by atoms with Gasteiger partial charge >= 0.3 is 0 Å². The Hall–Kier alpha value is -3.31. The molecule has 1 atom stereocenters. The van der Waals surface area contributed by atoms with Crippen molar-refractivity contribution in [3.8, 4) is 0 Å². The van der Waals surface area contributed by atoms with Gasteiger partial charge in [0.05, 0.1) is 10.6 Å². The molecule has 0 aliphatic carbocycles. The maximum Gasteiger partial charge on any atom is 0.266 e. The third kappa shape index (κ3) is 6.05. The molecule has 0 radical (unpaired) electrons. The summed E-state index contributed by atoms with van der Waals surface area (Å²) in [5.41, 5.74) is 7.36. The van der Waals surface area contributed by atoms with Gasteiger partial charge in [0.25, 0.3) is 5.91 Å². The number of hydrogen-bond acceptors (Lipinski definition) is 4. The molecule has 40 heavy (non-hydrogen) atoms. The molecule has 5 rings (SSSR count). The summed E-state index contributed by atoms with van der Waals surface area (Å²) in [6.45, 7) is 13.2. The van der Waals surface area contributed by atoms with E-state index in [1.807, 2.05) is 41.3 Å². The SMILES string of the molecule is CCCN1c2cc(C)c(/C=C3/SC(=Nc4ccccc4)N(CCCc4ccccc4)C3=O)cc2C(C)CC1(C)C. The lowest BCUT2D eigenvalue weighted by molar-refractivity contribution is -0.122. The molecule has 0 N–H and O–H groups in total. The van der Waals surface area contributed by atoms with E-state index in [1.54, 1.807) is 0 Å². The highest BCUT2D eigenvalue weighted by Crippen LogP contribution is 2.45. The van der Waals surface area contributed by atoms with Gasteiger partial charge in [-0.1, -0.05) is 62.4 Å². The van der Waals surface area contributed by atoms with E-state index in [9.17, 15) is 4.79 Å². The van der Waals surface area contributed by atoms with E-state index in [-0.39, 0.29) is 11.4 Å². The van der Waals surface area contributed by atoms with Crippen molar-refractivity contribution in [2.75, 3.05) is 18.0 Å². The third-order valence-corrected chi connectivity index (χ3v) is 9.07. The quantitative estimate of drug-likeness (QED) is 0.263. The van der Waals surface area contributed by atoms with Crippen molar-refractivity contribution in [2.45, 2.75) is 71.8 Å². The van der Waals surface area contributed by atoms with Gasteiger partial charge in [0, 0.05) is 24.3 Å². The fourth-order valence-corrected chi connectivity index (χ4v) is 7.10. The summed E-state index contributed by atoms with van der Waals surface area (Å²) < 4.78 is 0. The molecule has 1 unspecified atom stereocenters. The molecule has 2 heterocycles. The first-order valence-electron chi connectivity index (χ1n) is 14.6. The number of aliphatic imine (C=N–C) groups is 1. The Bertz CT molecular complexity index is 1410. The van der Waals surface area contributed by atoms with Crippen molar-refractivity contribution < 1.29 is 4.79 Å². The monoisotopic (exact) mass is 551 g/mol. The van der Waals surface area contributed by atoms with Crippen molar-refractivity contribution in [3.63, 3.8) is 0 Å². The molecule has 4 nitrogen and oxygen atoms in total. The summed E-state index contributed by atoms with van der Waals surface area (Å²) in [6.07, 6.45) is 6.15. The Morgan fingerprint density at radius 1 is 1.02 bits per heavy atom. The zero-order valence-electron chi connectivity index (χ0n) is 24.5. The standard InChI is InChI=1S/C35H41N3OS/c1-6-19-38-31-21-25(2)28(22-30(31)26(3)24-35(38,4)5)23-32-33(39)37(20-13-16-27-14-9-7-10-15-27)34(40-32)36-29-17-11-8-12-18-29/h7-12,14-15,17-18,21-23,26H,6,13,16,19-20,24H2,1-5H3/b32-23+,36-34?. The van der Waals surface area contributed by atoms with Gasteiger partial charge in [0.15, 0.2) is 5.17 Å². The number of anilines is 1. The second-order valence-electron chi connectivity index (χ2n) is 11.7. The van der Waals surface area contributed by atoms with Crippen molar-refractivity contribution in [1.29, 1.82) is 0 Å². The summed E-state index contributed by atoms with van der Waals surface area (Å²) in [6, 6.07) is 25.1. The summed E-state index contributed by atoms with van der Waals surface area (Å²) in [5, 5.41) is 0.760. The molecule has 208 valence electrons. The smallest absolute Gasteiger partial charge is 0.266 e. The Labute approximate surface area is 244 Å². The fraction of sp³-hybridized carbons (Fsp3) is 0.371. The van der Waals surface area contributed by atoms with Crippen molar-refractivity contribution in [1.82, 2.24) is 4.90 Å². The van der Waals surface area contributed by atoms with Crippen molar-refractivity contribution in [3.05, 3.63) is 100.0 Å². The van der Waals surface area contributed by atoms with Crippen LogP contribution in [-0.2, 0) is 11.2 Å². The Balaban J connectivity index is 1.45. The predicted octanol–water partition coefficient (Wildman–Crippen LogP) is 8.73. The molecular formula is C35H41N3OS. The molecule has 3 aromatic carbocycles. The Kier molecular flexibility index (Phi) is 8.51. The Morgan fingerprint density at radius 2 is 1.73 bits per heavy atom. The molecule has 1 amide bonds. The van der Waals surface area contributed by atoms with E-state index in [0.717, 1.165) is 53.6 Å². The highest BCUT2D eigenvalue weighted by molar-refractivity contribution is 8.18. The molecule has 3 aromatic rings. The number of amidine groups is 1. The number of thioether (sulfide) groups is 1. The first kappa shape index (κ1) is 28.2. The van der Waals surface area contributed by atoms with Crippen LogP contribution in [0, 0.1) is 6.92 Å². The fourth-order valence-electron chi connectivity index (χ4n) is 6.08. The van der Waals surface area contributed by atoms with Gasteiger partial charge in [-0.2, -0.15) is 0 Å². The van der Waals surface area contributed by atoms with Crippen LogP contribution in [0.15, 0.2) is 82.7 Å². The van der Waals surface area contributed by atoms with Gasteiger partial charge in [-0.05, 0) is 117 Å². The number of hydrogen-bond donors (Lipinski definition) is 0. The van der Waals surface area contributed by atoms with Gasteiger partial charge < -0.3 is 4.90 Å². The number of amides is 1. The molecule has 0 saturated carbocycles. The summed E-state index contributed by atoms with van der Waals surface area (Å²) in [4.78, 5) is 23.9. The molecule has 2 aliphatic heterocycles. The molecular weight excluding hydrogens is 510 g/mol. The summed E-state index contributed by atoms with van der Waals surface area (Å²) >= 11 is 1.50. The molecule has 0 aromatic heterocycles. The van der Waals surface area contributed by atoms with Crippen LogP contribution in [0.3, 0.4) is 0 Å². The molecule has 1 saturated heterocycles. The van der Waals surface area contributed by atoms with Gasteiger partial charge in [-0.25, -0.2) is 4.99 Å². The maximum absolute atomic E-state index is 13.8. The average molecular weight is 552 g/mol. The van der Waals surface area contributed by atoms with Crippen LogP contribution in [-0.4, -0.2) is 34.6 Å². The van der Waals surface area contributed by atoms with E-state index >= 15 is 0 Å². The van der Waals surface area contributed by atoms with Crippen LogP contribution in [0.4, 0.5) is 11.4 Å². The maximum atomic E-state index is 13.8. The number of aryl methyl sites for hydroxylation is 2. The van der Waals surface area contributed by atoms with E-state index < -0.39 is 0 Å². The highest BCUT2D eigenvalue weighted by atomic mass is 32.2. The number of para-hydroxylation sites is 1. The summed E-state index contributed by atoms with van der Waals surface area (Å²) in [5.74, 6) is 0.513. The largest absolute Gasteiger partial charge is 0.366 e. The van der Waals surface area contributed by atoms with Crippen LogP contribution in [0.25, 0.3) is 6.08 Å². The zero-order valence-corrected chi connectivity index (χ0v) is 25.3. The number of fused-ring (bicyclic) bond motifs is 1. The van der Waals surface area contributed by atoms with Crippen molar-refractivity contribution >= 4 is 40.3 Å². The van der Waals surface area contributed by atoms with Crippen LogP contribution in [0.5, 0.6) is 0 Å². The molecule has 0 spiro atoms. The van der Waals surface area contributed by atoms with E-state index in [4.69, 9.17) is 4.99 Å². The van der Waals surface area contributed by atoms with Gasteiger partial charge in [-0.3, -0.25) is 9.69 Å². The average Bonchev–Trinajstić information content (AvgIpc) is 3.21. The molecule has 1 fully saturated rings. The van der Waals surface area contributed by atoms with Crippen LogP contribution in [0.1, 0.15) is 75.1 Å². The molecule has 0 bridgehead atoms. The first-order valence-corrected chi connectivity index (χ1v) is 15.4. The van der Waals surface area contributed by atoms with Crippen LogP contribution < -0.4 is 4.90 Å². The van der Waals surface area contributed by atoms with Gasteiger partial charge in [0.2, 0.25) is 0 Å². The first-order chi connectivity index (χ1) is 19.3. The lowest BCUT2D eigenvalue weighted by Crippen LogP contribution is -2.48. The number of rotatable bonds is 8. The Morgan fingerprint density at radius 3 is 2.42 bits per heavy atom. The van der Waals surface area contributed by atoms with Crippen LogP contribution >= 0.6 is 11.8 Å². The number of benzene rings is 3. The predicted molar refractivity (Wildman–Crippen MR) is 172 cm³/mol. The second-order valence-corrected chi connectivity index (χ2v) is 12.7. The van der Waals surface area contributed by atoms with Gasteiger partial charge in [-0.15, -0.1) is 0 Å². The normalized spacial score (nSPS) is 20.4. The molecule has 2 aliphatic rings. The topological polar surface area (TPSA) is 35.9 Å². The van der Waals surface area contributed by atoms with E-state index in [2.05, 4.69) is 82.0 Å². The van der Waals surface area contributed by atoms with E-state index in [1.165, 1.54) is 34.1 Å². The third-order valence-electron chi connectivity index (χ3n) is 8.07. The number of carbonyl (C=O) groups excluding carboxylic acids is 1. The number of nitrogens with zero attached hydrogens (tertiary/aromatic N) is 3.